The molecule has 5 heteroatoms. The zero-order chi connectivity index (χ0) is 10.7. The number of hydrogen-bond acceptors (Lipinski definition) is 3. The van der Waals surface area contributed by atoms with E-state index in [2.05, 4.69) is 0 Å². The van der Waals surface area contributed by atoms with Crippen molar-refractivity contribution < 1.29 is 19.7 Å². The van der Waals surface area contributed by atoms with Crippen LogP contribution in [0.3, 0.4) is 0 Å². The minimum absolute atomic E-state index is 0.146. The fourth-order valence-electron chi connectivity index (χ4n) is 1.05. The van der Waals surface area contributed by atoms with Gasteiger partial charge >= 0.3 is 5.97 Å². The summed E-state index contributed by atoms with van der Waals surface area (Å²) in [5, 5.41) is 18.2. The Kier molecular flexibility index (Phi) is 3.33. The third-order valence-electron chi connectivity index (χ3n) is 1.72. The summed E-state index contributed by atoms with van der Waals surface area (Å²) in [5.41, 5.74) is 0.146. The minimum Gasteiger partial charge on any atom is -0.496 e. The van der Waals surface area contributed by atoms with Gasteiger partial charge in [0.2, 0.25) is 0 Å². The van der Waals surface area contributed by atoms with Gasteiger partial charge < -0.3 is 14.9 Å². The fourth-order valence-corrected chi connectivity index (χ4v) is 1.23. The summed E-state index contributed by atoms with van der Waals surface area (Å²) in [4.78, 5) is 10.5. The minimum atomic E-state index is -1.62. The number of benzene rings is 1. The van der Waals surface area contributed by atoms with E-state index in [4.69, 9.17) is 21.4 Å². The summed E-state index contributed by atoms with van der Waals surface area (Å²) in [5.74, 6) is -1.05. The summed E-state index contributed by atoms with van der Waals surface area (Å²) in [7, 11) is 1.39. The molecule has 1 aromatic carbocycles. The Morgan fingerprint density at radius 1 is 1.57 bits per heavy atom. The van der Waals surface area contributed by atoms with Gasteiger partial charge in [0.1, 0.15) is 5.75 Å². The van der Waals surface area contributed by atoms with Gasteiger partial charge in [-0.25, -0.2) is 4.79 Å². The molecule has 0 aliphatic carbocycles. The van der Waals surface area contributed by atoms with E-state index >= 15 is 0 Å². The number of ether oxygens (including phenoxy) is 1. The second kappa shape index (κ2) is 4.30. The van der Waals surface area contributed by atoms with Crippen molar-refractivity contribution in [1.82, 2.24) is 0 Å². The van der Waals surface area contributed by atoms with E-state index in [9.17, 15) is 9.90 Å². The molecule has 0 fully saturated rings. The van der Waals surface area contributed by atoms with Gasteiger partial charge in [-0.15, -0.1) is 0 Å². The molecular formula is C9H9ClO4. The highest BCUT2D eigenvalue weighted by Crippen LogP contribution is 2.28. The van der Waals surface area contributed by atoms with Crippen molar-refractivity contribution in [3.05, 3.63) is 28.8 Å². The van der Waals surface area contributed by atoms with Crippen molar-refractivity contribution >= 4 is 17.6 Å². The van der Waals surface area contributed by atoms with Crippen LogP contribution >= 0.6 is 11.6 Å². The van der Waals surface area contributed by atoms with Gasteiger partial charge in [0, 0.05) is 10.6 Å². The van der Waals surface area contributed by atoms with Crippen molar-refractivity contribution in [2.75, 3.05) is 7.11 Å². The van der Waals surface area contributed by atoms with Gasteiger partial charge in [-0.1, -0.05) is 11.6 Å². The Hall–Kier alpha value is -1.26. The standard InChI is InChI=1S/C9H9ClO4/c1-14-7-3-2-5(10)4-6(7)8(11)9(12)13/h2-4,8,11H,1H3,(H,12,13). The largest absolute Gasteiger partial charge is 0.496 e. The molecule has 0 spiro atoms. The first-order chi connectivity index (χ1) is 6.56. The maximum atomic E-state index is 10.5. The number of aliphatic hydroxyl groups is 1. The van der Waals surface area contributed by atoms with Crippen LogP contribution in [0.15, 0.2) is 18.2 Å². The molecular weight excluding hydrogens is 208 g/mol. The lowest BCUT2D eigenvalue weighted by Crippen LogP contribution is -2.11. The molecule has 0 aliphatic rings. The van der Waals surface area contributed by atoms with Crippen LogP contribution < -0.4 is 4.74 Å². The van der Waals surface area contributed by atoms with Gasteiger partial charge in [-0.05, 0) is 18.2 Å². The van der Waals surface area contributed by atoms with Crippen molar-refractivity contribution in [1.29, 1.82) is 0 Å². The Morgan fingerprint density at radius 3 is 2.71 bits per heavy atom. The van der Waals surface area contributed by atoms with E-state index in [0.717, 1.165) is 0 Å². The first kappa shape index (κ1) is 10.8. The molecule has 0 amide bonds. The molecule has 4 nitrogen and oxygen atoms in total. The summed E-state index contributed by atoms with van der Waals surface area (Å²) in [6.07, 6.45) is -1.62. The number of carbonyl (C=O) groups is 1. The molecule has 1 rings (SSSR count). The maximum Gasteiger partial charge on any atom is 0.337 e. The smallest absolute Gasteiger partial charge is 0.337 e. The Labute approximate surface area is 85.7 Å². The maximum absolute atomic E-state index is 10.5. The summed E-state index contributed by atoms with van der Waals surface area (Å²) in [6.45, 7) is 0. The molecule has 1 aromatic rings. The molecule has 14 heavy (non-hydrogen) atoms. The van der Waals surface area contributed by atoms with Crippen LogP contribution in [0.25, 0.3) is 0 Å². The van der Waals surface area contributed by atoms with Crippen LogP contribution in [0.2, 0.25) is 5.02 Å². The average molecular weight is 217 g/mol. The second-order valence-corrected chi connectivity index (χ2v) is 3.06. The molecule has 0 aromatic heterocycles. The predicted molar refractivity (Wildman–Crippen MR) is 50.6 cm³/mol. The quantitative estimate of drug-likeness (QED) is 0.803. The molecule has 0 radical (unpaired) electrons. The number of aliphatic carboxylic acids is 1. The van der Waals surface area contributed by atoms with Crippen LogP contribution in [0, 0.1) is 0 Å². The van der Waals surface area contributed by atoms with Crippen LogP contribution in [0.5, 0.6) is 5.75 Å². The molecule has 76 valence electrons. The number of hydrogen-bond donors (Lipinski definition) is 2. The normalized spacial score (nSPS) is 12.2. The van der Waals surface area contributed by atoms with Crippen molar-refractivity contribution in [3.63, 3.8) is 0 Å². The van der Waals surface area contributed by atoms with E-state index in [1.807, 2.05) is 0 Å². The van der Waals surface area contributed by atoms with Gasteiger partial charge in [-0.2, -0.15) is 0 Å². The third-order valence-corrected chi connectivity index (χ3v) is 1.96. The molecule has 0 aliphatic heterocycles. The highest BCUT2D eigenvalue weighted by Gasteiger charge is 2.20. The van der Waals surface area contributed by atoms with Gasteiger partial charge in [0.25, 0.3) is 0 Å². The number of carboxylic acids is 1. The van der Waals surface area contributed by atoms with Gasteiger partial charge in [0.15, 0.2) is 6.10 Å². The highest BCUT2D eigenvalue weighted by molar-refractivity contribution is 6.30. The zero-order valence-corrected chi connectivity index (χ0v) is 8.15. The van der Waals surface area contributed by atoms with Crippen LogP contribution in [0.1, 0.15) is 11.7 Å². The molecule has 0 heterocycles. The molecule has 1 atom stereocenters. The van der Waals surface area contributed by atoms with Crippen molar-refractivity contribution in [2.45, 2.75) is 6.10 Å². The lowest BCUT2D eigenvalue weighted by Gasteiger charge is -2.11. The molecule has 2 N–H and O–H groups in total. The van der Waals surface area contributed by atoms with E-state index in [0.29, 0.717) is 10.8 Å². The lowest BCUT2D eigenvalue weighted by atomic mass is 10.1. The van der Waals surface area contributed by atoms with Gasteiger partial charge in [-0.3, -0.25) is 0 Å². The average Bonchev–Trinajstić information content (AvgIpc) is 2.16. The molecule has 1 unspecified atom stereocenters. The Morgan fingerprint density at radius 2 is 2.21 bits per heavy atom. The zero-order valence-electron chi connectivity index (χ0n) is 7.40. The first-order valence-electron chi connectivity index (χ1n) is 3.80. The van der Waals surface area contributed by atoms with Crippen molar-refractivity contribution in [2.24, 2.45) is 0 Å². The summed E-state index contributed by atoms with van der Waals surface area (Å²) in [6, 6.07) is 4.42. The number of aliphatic hydroxyl groups excluding tert-OH is 1. The summed E-state index contributed by atoms with van der Waals surface area (Å²) < 4.78 is 4.89. The molecule has 0 saturated heterocycles. The molecule has 0 bridgehead atoms. The number of methoxy groups -OCH3 is 1. The Balaban J connectivity index is 3.16. The fraction of sp³-hybridized carbons (Fsp3) is 0.222. The third kappa shape index (κ3) is 2.16. The van der Waals surface area contributed by atoms with E-state index in [1.165, 1.54) is 19.2 Å². The molecule has 0 saturated carbocycles. The monoisotopic (exact) mass is 216 g/mol. The van der Waals surface area contributed by atoms with Crippen molar-refractivity contribution in [3.8, 4) is 5.75 Å². The number of carboxylic acid groups (broad SMARTS) is 1. The lowest BCUT2D eigenvalue weighted by molar-refractivity contribution is -0.147. The van der Waals surface area contributed by atoms with Crippen LogP contribution in [-0.4, -0.2) is 23.3 Å². The first-order valence-corrected chi connectivity index (χ1v) is 4.18. The SMILES string of the molecule is COc1ccc(Cl)cc1C(O)C(=O)O. The predicted octanol–water partition coefficient (Wildman–Crippen LogP) is 1.47. The second-order valence-electron chi connectivity index (χ2n) is 2.63. The summed E-state index contributed by atoms with van der Waals surface area (Å²) >= 11 is 5.66. The highest BCUT2D eigenvalue weighted by atomic mass is 35.5. The van der Waals surface area contributed by atoms with E-state index < -0.39 is 12.1 Å². The number of rotatable bonds is 3. The topological polar surface area (TPSA) is 66.8 Å². The van der Waals surface area contributed by atoms with Gasteiger partial charge in [0.05, 0.1) is 7.11 Å². The van der Waals surface area contributed by atoms with Crippen LogP contribution in [-0.2, 0) is 4.79 Å². The van der Waals surface area contributed by atoms with E-state index in [1.54, 1.807) is 6.07 Å². The Bertz CT molecular complexity index is 351. The number of halogens is 1. The van der Waals surface area contributed by atoms with Crippen LogP contribution in [0.4, 0.5) is 0 Å². The van der Waals surface area contributed by atoms with E-state index in [-0.39, 0.29) is 5.56 Å².